The molecule has 0 aliphatic carbocycles. The van der Waals surface area contributed by atoms with Crippen LogP contribution in [0.5, 0.6) is 0 Å². The van der Waals surface area contributed by atoms with Gasteiger partial charge in [-0.2, -0.15) is 0 Å². The van der Waals surface area contributed by atoms with E-state index in [1.165, 1.54) is 5.57 Å². The fourth-order valence-electron chi connectivity index (χ4n) is 2.40. The molecule has 0 aromatic carbocycles. The van der Waals surface area contributed by atoms with E-state index in [1.54, 1.807) is 0 Å². The Morgan fingerprint density at radius 1 is 1.56 bits per heavy atom. The van der Waals surface area contributed by atoms with E-state index in [4.69, 9.17) is 9.47 Å². The maximum absolute atomic E-state index is 5.93. The third-order valence-electron chi connectivity index (χ3n) is 3.41. The third kappa shape index (κ3) is 2.98. The van der Waals surface area contributed by atoms with Crippen LogP contribution in [0.3, 0.4) is 0 Å². The highest BCUT2D eigenvalue weighted by Gasteiger charge is 2.35. The largest absolute Gasteiger partial charge is 0.501 e. The number of ether oxygens (including phenoxy) is 2. The minimum absolute atomic E-state index is 0.143. The predicted octanol–water partition coefficient (Wildman–Crippen LogP) is 2.47. The van der Waals surface area contributed by atoms with E-state index in [2.05, 4.69) is 19.2 Å². The molecule has 1 heterocycles. The SMILES string of the molecule is CCOC(C)(CC)C(NC)C1=COCCC1. The van der Waals surface area contributed by atoms with E-state index in [0.29, 0.717) is 0 Å². The summed E-state index contributed by atoms with van der Waals surface area (Å²) in [5.74, 6) is 0. The lowest BCUT2D eigenvalue weighted by molar-refractivity contribution is -0.0470. The minimum atomic E-state index is -0.143. The van der Waals surface area contributed by atoms with Gasteiger partial charge in [0.2, 0.25) is 0 Å². The Morgan fingerprint density at radius 2 is 2.31 bits per heavy atom. The molecule has 0 saturated carbocycles. The molecule has 0 fully saturated rings. The summed E-state index contributed by atoms with van der Waals surface area (Å²) in [6.45, 7) is 7.98. The summed E-state index contributed by atoms with van der Waals surface area (Å²) in [7, 11) is 1.99. The van der Waals surface area contributed by atoms with Gasteiger partial charge in [-0.1, -0.05) is 6.92 Å². The van der Waals surface area contributed by atoms with Crippen LogP contribution >= 0.6 is 0 Å². The zero-order valence-corrected chi connectivity index (χ0v) is 11.0. The molecule has 1 rings (SSSR count). The van der Waals surface area contributed by atoms with Crippen molar-refractivity contribution < 1.29 is 9.47 Å². The summed E-state index contributed by atoms with van der Waals surface area (Å²) in [6.07, 6.45) is 5.12. The molecule has 0 aromatic heterocycles. The van der Waals surface area contributed by atoms with E-state index < -0.39 is 0 Å². The van der Waals surface area contributed by atoms with Crippen LogP contribution in [0.15, 0.2) is 11.8 Å². The predicted molar refractivity (Wildman–Crippen MR) is 66.4 cm³/mol. The monoisotopic (exact) mass is 227 g/mol. The van der Waals surface area contributed by atoms with Crippen LogP contribution in [0, 0.1) is 0 Å². The zero-order chi connectivity index (χ0) is 12.0. The topological polar surface area (TPSA) is 30.5 Å². The molecule has 0 saturated heterocycles. The van der Waals surface area contributed by atoms with E-state index in [1.807, 2.05) is 20.2 Å². The summed E-state index contributed by atoms with van der Waals surface area (Å²) in [4.78, 5) is 0. The van der Waals surface area contributed by atoms with Gasteiger partial charge in [0.15, 0.2) is 0 Å². The minimum Gasteiger partial charge on any atom is -0.501 e. The quantitative estimate of drug-likeness (QED) is 0.756. The molecule has 94 valence electrons. The van der Waals surface area contributed by atoms with Gasteiger partial charge >= 0.3 is 0 Å². The third-order valence-corrected chi connectivity index (χ3v) is 3.41. The fourth-order valence-corrected chi connectivity index (χ4v) is 2.40. The van der Waals surface area contributed by atoms with Crippen molar-refractivity contribution in [2.24, 2.45) is 0 Å². The second-order valence-corrected chi connectivity index (χ2v) is 4.49. The van der Waals surface area contributed by atoms with Gasteiger partial charge in [-0.25, -0.2) is 0 Å². The number of rotatable bonds is 6. The molecule has 0 bridgehead atoms. The van der Waals surface area contributed by atoms with Crippen LogP contribution in [-0.2, 0) is 9.47 Å². The van der Waals surface area contributed by atoms with E-state index in [9.17, 15) is 0 Å². The van der Waals surface area contributed by atoms with Crippen molar-refractivity contribution in [2.45, 2.75) is 51.7 Å². The van der Waals surface area contributed by atoms with Crippen molar-refractivity contribution in [1.82, 2.24) is 5.32 Å². The number of hydrogen-bond donors (Lipinski definition) is 1. The van der Waals surface area contributed by atoms with Crippen molar-refractivity contribution in [3.8, 4) is 0 Å². The number of nitrogens with one attached hydrogen (secondary N) is 1. The molecule has 2 unspecified atom stereocenters. The van der Waals surface area contributed by atoms with Gasteiger partial charge in [0.05, 0.1) is 24.5 Å². The Kier molecular flexibility index (Phi) is 5.29. The van der Waals surface area contributed by atoms with Gasteiger partial charge in [-0.05, 0) is 45.7 Å². The molecule has 1 aliphatic heterocycles. The lowest BCUT2D eigenvalue weighted by atomic mass is 9.85. The number of hydrogen-bond acceptors (Lipinski definition) is 3. The highest BCUT2D eigenvalue weighted by Crippen LogP contribution is 2.28. The van der Waals surface area contributed by atoms with Crippen molar-refractivity contribution in [3.05, 3.63) is 11.8 Å². The van der Waals surface area contributed by atoms with Crippen molar-refractivity contribution in [1.29, 1.82) is 0 Å². The van der Waals surface area contributed by atoms with E-state index >= 15 is 0 Å². The molecular weight excluding hydrogens is 202 g/mol. The smallest absolute Gasteiger partial charge is 0.0876 e. The molecular formula is C13H25NO2. The molecule has 2 atom stereocenters. The lowest BCUT2D eigenvalue weighted by Crippen LogP contribution is -2.50. The van der Waals surface area contributed by atoms with Gasteiger partial charge in [0.25, 0.3) is 0 Å². The molecule has 0 aromatic rings. The summed E-state index contributed by atoms with van der Waals surface area (Å²) in [6, 6.07) is 0.248. The second kappa shape index (κ2) is 6.26. The molecule has 1 aliphatic rings. The Labute approximate surface area is 99.2 Å². The van der Waals surface area contributed by atoms with Gasteiger partial charge < -0.3 is 14.8 Å². The van der Waals surface area contributed by atoms with Crippen molar-refractivity contribution >= 4 is 0 Å². The molecule has 0 amide bonds. The van der Waals surface area contributed by atoms with Crippen LogP contribution < -0.4 is 5.32 Å². The molecule has 3 nitrogen and oxygen atoms in total. The first kappa shape index (κ1) is 13.5. The molecule has 1 N–H and O–H groups in total. The van der Waals surface area contributed by atoms with Crippen LogP contribution in [0.25, 0.3) is 0 Å². The fraction of sp³-hybridized carbons (Fsp3) is 0.846. The summed E-state index contributed by atoms with van der Waals surface area (Å²) >= 11 is 0. The first-order valence-electron chi connectivity index (χ1n) is 6.29. The molecule has 0 spiro atoms. The Morgan fingerprint density at radius 3 is 2.75 bits per heavy atom. The van der Waals surface area contributed by atoms with Gasteiger partial charge in [0.1, 0.15) is 0 Å². The first-order chi connectivity index (χ1) is 7.68. The number of likely N-dealkylation sites (N-methyl/N-ethyl adjacent to an activating group) is 1. The van der Waals surface area contributed by atoms with Crippen molar-refractivity contribution in [3.63, 3.8) is 0 Å². The lowest BCUT2D eigenvalue weighted by Gasteiger charge is -2.38. The Hall–Kier alpha value is -0.540. The summed E-state index contributed by atoms with van der Waals surface area (Å²) in [5.41, 5.74) is 1.18. The zero-order valence-electron chi connectivity index (χ0n) is 11.0. The van der Waals surface area contributed by atoms with Crippen LogP contribution in [0.4, 0.5) is 0 Å². The summed E-state index contributed by atoms with van der Waals surface area (Å²) in [5, 5.41) is 3.37. The van der Waals surface area contributed by atoms with E-state index in [0.717, 1.165) is 32.5 Å². The highest BCUT2D eigenvalue weighted by atomic mass is 16.5. The van der Waals surface area contributed by atoms with Crippen LogP contribution in [0.1, 0.15) is 40.0 Å². The van der Waals surface area contributed by atoms with Gasteiger partial charge in [-0.15, -0.1) is 0 Å². The normalized spacial score (nSPS) is 21.9. The molecule has 0 radical (unpaired) electrons. The second-order valence-electron chi connectivity index (χ2n) is 4.49. The molecule has 3 heteroatoms. The Bertz CT molecular complexity index is 240. The average Bonchev–Trinajstić information content (AvgIpc) is 2.31. The maximum atomic E-state index is 5.93. The van der Waals surface area contributed by atoms with Crippen LogP contribution in [0.2, 0.25) is 0 Å². The van der Waals surface area contributed by atoms with Crippen LogP contribution in [-0.4, -0.2) is 31.9 Å². The van der Waals surface area contributed by atoms with Crippen molar-refractivity contribution in [2.75, 3.05) is 20.3 Å². The van der Waals surface area contributed by atoms with Gasteiger partial charge in [-0.3, -0.25) is 0 Å². The highest BCUT2D eigenvalue weighted by molar-refractivity contribution is 5.16. The summed E-state index contributed by atoms with van der Waals surface area (Å²) < 4.78 is 11.4. The maximum Gasteiger partial charge on any atom is 0.0876 e. The first-order valence-corrected chi connectivity index (χ1v) is 6.29. The van der Waals surface area contributed by atoms with Gasteiger partial charge in [0, 0.05) is 6.61 Å². The average molecular weight is 227 g/mol. The molecule has 16 heavy (non-hydrogen) atoms. The standard InChI is InChI=1S/C13H25NO2/c1-5-13(3,16-6-2)12(14-4)11-8-7-9-15-10-11/h10,12,14H,5-9H2,1-4H3. The van der Waals surface area contributed by atoms with E-state index in [-0.39, 0.29) is 11.6 Å². The Balaban J connectivity index is 2.81.